The molecule has 76 valence electrons. The van der Waals surface area contributed by atoms with Gasteiger partial charge in [-0.1, -0.05) is 13.8 Å². The summed E-state index contributed by atoms with van der Waals surface area (Å²) in [6.07, 6.45) is 2.26. The molecule has 1 aromatic rings. The minimum Gasteiger partial charge on any atom is -0.230 e. The van der Waals surface area contributed by atoms with Gasteiger partial charge < -0.3 is 0 Å². The fourth-order valence-corrected chi connectivity index (χ4v) is 1.22. The van der Waals surface area contributed by atoms with E-state index in [-0.39, 0.29) is 0 Å². The molecule has 0 aromatic carbocycles. The molecule has 0 saturated carbocycles. The number of unbranched alkanes of at least 4 members (excludes halogenated alkanes) is 1. The molecule has 0 saturated heterocycles. The van der Waals surface area contributed by atoms with Gasteiger partial charge >= 0.3 is 0 Å². The minimum absolute atomic E-state index is 0.552. The average molecular weight is 193 g/mol. The Bertz CT molecular complexity index is 309. The fraction of sp³-hybridized carbons (Fsp3) is 0.778. The summed E-state index contributed by atoms with van der Waals surface area (Å²) in [5.41, 5.74) is 0. The molecule has 0 spiro atoms. The Hall–Kier alpha value is -1.44. The van der Waals surface area contributed by atoms with E-state index in [4.69, 9.17) is 5.26 Å². The van der Waals surface area contributed by atoms with Crippen molar-refractivity contribution in [1.29, 1.82) is 5.26 Å². The molecule has 0 amide bonds. The zero-order valence-corrected chi connectivity index (χ0v) is 8.64. The number of aromatic nitrogens is 4. The normalized spacial score (nSPS) is 10.4. The smallest absolute Gasteiger partial charge is 0.151 e. The molecule has 0 fully saturated rings. The van der Waals surface area contributed by atoms with E-state index in [1.807, 2.05) is 0 Å². The zero-order chi connectivity index (χ0) is 10.4. The van der Waals surface area contributed by atoms with Crippen LogP contribution in [0, 0.1) is 17.2 Å². The van der Waals surface area contributed by atoms with Gasteiger partial charge in [-0.25, -0.2) is 4.68 Å². The average Bonchev–Trinajstić information content (AvgIpc) is 2.52. The van der Waals surface area contributed by atoms with Crippen LogP contribution >= 0.6 is 0 Å². The van der Waals surface area contributed by atoms with Crippen LogP contribution in [0.25, 0.3) is 0 Å². The van der Waals surface area contributed by atoms with E-state index in [1.165, 1.54) is 0 Å². The van der Waals surface area contributed by atoms with Crippen LogP contribution in [0.2, 0.25) is 0 Å². The lowest BCUT2D eigenvalue weighted by Gasteiger charge is -2.04. The molecule has 1 rings (SSSR count). The van der Waals surface area contributed by atoms with Crippen LogP contribution in [-0.2, 0) is 13.0 Å². The molecule has 0 radical (unpaired) electrons. The Labute approximate surface area is 83.7 Å². The second-order valence-corrected chi connectivity index (χ2v) is 3.68. The Balaban J connectivity index is 2.50. The number of nitrogens with zero attached hydrogens (tertiary/aromatic N) is 5. The largest absolute Gasteiger partial charge is 0.230 e. The summed E-state index contributed by atoms with van der Waals surface area (Å²) in [6.45, 7) is 5.01. The molecule has 0 bridgehead atoms. The topological polar surface area (TPSA) is 67.4 Å². The highest BCUT2D eigenvalue weighted by molar-refractivity contribution is 4.82. The van der Waals surface area contributed by atoms with Gasteiger partial charge in [0.2, 0.25) is 0 Å². The molecule has 0 aliphatic carbocycles. The number of aryl methyl sites for hydroxylation is 1. The summed E-state index contributed by atoms with van der Waals surface area (Å²) in [5.74, 6) is 1.47. The Kier molecular flexibility index (Phi) is 4.05. The molecule has 0 aliphatic heterocycles. The van der Waals surface area contributed by atoms with Crippen molar-refractivity contribution in [2.75, 3.05) is 0 Å². The Morgan fingerprint density at radius 2 is 2.29 bits per heavy atom. The quantitative estimate of drug-likeness (QED) is 0.658. The molecule has 0 N–H and O–H groups in total. The lowest BCUT2D eigenvalue weighted by molar-refractivity contribution is 0.515. The van der Waals surface area contributed by atoms with Gasteiger partial charge in [-0.05, 0) is 22.8 Å². The summed E-state index contributed by atoms with van der Waals surface area (Å²) in [7, 11) is 0. The SMILES string of the molecule is CC(C)Cc1nnnn1CCCC#N. The van der Waals surface area contributed by atoms with Gasteiger partial charge in [0, 0.05) is 19.4 Å². The lowest BCUT2D eigenvalue weighted by atomic mass is 10.1. The van der Waals surface area contributed by atoms with Crippen molar-refractivity contribution in [2.24, 2.45) is 5.92 Å². The zero-order valence-electron chi connectivity index (χ0n) is 8.64. The number of rotatable bonds is 5. The van der Waals surface area contributed by atoms with E-state index in [0.29, 0.717) is 12.3 Å². The molecule has 0 aliphatic rings. The molecule has 0 unspecified atom stereocenters. The van der Waals surface area contributed by atoms with E-state index in [2.05, 4.69) is 35.4 Å². The van der Waals surface area contributed by atoms with Gasteiger partial charge in [-0.15, -0.1) is 5.10 Å². The first kappa shape index (κ1) is 10.6. The standard InChI is InChI=1S/C9H15N5/c1-8(2)7-9-11-12-13-14(9)6-4-3-5-10/h8H,3-4,6-7H2,1-2H3. The van der Waals surface area contributed by atoms with Crippen molar-refractivity contribution in [3.8, 4) is 6.07 Å². The van der Waals surface area contributed by atoms with Crippen molar-refractivity contribution in [2.45, 2.75) is 39.7 Å². The van der Waals surface area contributed by atoms with Crippen LogP contribution in [0.3, 0.4) is 0 Å². The van der Waals surface area contributed by atoms with Crippen LogP contribution in [0.4, 0.5) is 0 Å². The predicted molar refractivity (Wildman–Crippen MR) is 51.2 cm³/mol. The highest BCUT2D eigenvalue weighted by atomic mass is 15.5. The van der Waals surface area contributed by atoms with Crippen LogP contribution in [0.15, 0.2) is 0 Å². The first-order chi connectivity index (χ1) is 6.74. The molecular formula is C9H15N5. The predicted octanol–water partition coefficient (Wildman–Crippen LogP) is 1.18. The summed E-state index contributed by atoms with van der Waals surface area (Å²) >= 11 is 0. The van der Waals surface area contributed by atoms with Crippen molar-refractivity contribution in [3.05, 3.63) is 5.82 Å². The Morgan fingerprint density at radius 1 is 1.50 bits per heavy atom. The van der Waals surface area contributed by atoms with Gasteiger partial charge in [0.05, 0.1) is 6.07 Å². The van der Waals surface area contributed by atoms with Crippen molar-refractivity contribution < 1.29 is 0 Å². The van der Waals surface area contributed by atoms with Crippen LogP contribution in [0.1, 0.15) is 32.5 Å². The van der Waals surface area contributed by atoms with Gasteiger partial charge in [0.1, 0.15) is 0 Å². The number of hydrogen-bond acceptors (Lipinski definition) is 4. The highest BCUT2D eigenvalue weighted by Gasteiger charge is 2.07. The second-order valence-electron chi connectivity index (χ2n) is 3.68. The first-order valence-corrected chi connectivity index (χ1v) is 4.86. The van der Waals surface area contributed by atoms with Crippen molar-refractivity contribution >= 4 is 0 Å². The van der Waals surface area contributed by atoms with E-state index in [9.17, 15) is 0 Å². The number of nitriles is 1. The molecule has 5 nitrogen and oxygen atoms in total. The fourth-order valence-electron chi connectivity index (χ4n) is 1.22. The molecule has 0 atom stereocenters. The number of tetrazole rings is 1. The third kappa shape index (κ3) is 3.13. The van der Waals surface area contributed by atoms with Gasteiger partial charge in [0.25, 0.3) is 0 Å². The lowest BCUT2D eigenvalue weighted by Crippen LogP contribution is -2.08. The Morgan fingerprint density at radius 3 is 2.93 bits per heavy atom. The molecule has 14 heavy (non-hydrogen) atoms. The summed E-state index contributed by atoms with van der Waals surface area (Å²) in [5, 5.41) is 19.9. The van der Waals surface area contributed by atoms with E-state index in [1.54, 1.807) is 4.68 Å². The number of hydrogen-bond donors (Lipinski definition) is 0. The van der Waals surface area contributed by atoms with Crippen LogP contribution < -0.4 is 0 Å². The maximum atomic E-state index is 8.40. The maximum absolute atomic E-state index is 8.40. The highest BCUT2D eigenvalue weighted by Crippen LogP contribution is 2.04. The van der Waals surface area contributed by atoms with Crippen LogP contribution in [0.5, 0.6) is 0 Å². The van der Waals surface area contributed by atoms with Crippen molar-refractivity contribution in [1.82, 2.24) is 20.2 Å². The van der Waals surface area contributed by atoms with Gasteiger partial charge in [0.15, 0.2) is 5.82 Å². The second kappa shape index (κ2) is 5.32. The van der Waals surface area contributed by atoms with E-state index < -0.39 is 0 Å². The monoisotopic (exact) mass is 193 g/mol. The first-order valence-electron chi connectivity index (χ1n) is 4.86. The third-order valence-corrected chi connectivity index (χ3v) is 1.86. The summed E-state index contributed by atoms with van der Waals surface area (Å²) in [4.78, 5) is 0. The van der Waals surface area contributed by atoms with E-state index in [0.717, 1.165) is 25.2 Å². The van der Waals surface area contributed by atoms with Gasteiger partial charge in [-0.3, -0.25) is 0 Å². The molecule has 5 heteroatoms. The third-order valence-electron chi connectivity index (χ3n) is 1.86. The molecule has 1 aromatic heterocycles. The van der Waals surface area contributed by atoms with Crippen LogP contribution in [-0.4, -0.2) is 20.2 Å². The summed E-state index contributed by atoms with van der Waals surface area (Å²) in [6, 6.07) is 2.11. The van der Waals surface area contributed by atoms with Crippen molar-refractivity contribution in [3.63, 3.8) is 0 Å². The molecular weight excluding hydrogens is 178 g/mol. The van der Waals surface area contributed by atoms with Gasteiger partial charge in [-0.2, -0.15) is 5.26 Å². The minimum atomic E-state index is 0.552. The maximum Gasteiger partial charge on any atom is 0.151 e. The van der Waals surface area contributed by atoms with E-state index >= 15 is 0 Å². The molecule has 1 heterocycles. The summed E-state index contributed by atoms with van der Waals surface area (Å²) < 4.78 is 1.79.